The summed E-state index contributed by atoms with van der Waals surface area (Å²) < 4.78 is 5.50. The molecule has 0 bridgehead atoms. The van der Waals surface area contributed by atoms with E-state index in [0.717, 1.165) is 25.9 Å². The maximum absolute atomic E-state index is 10.4. The van der Waals surface area contributed by atoms with Gasteiger partial charge in [0.05, 0.1) is 6.10 Å². The molecule has 14 heavy (non-hydrogen) atoms. The third-order valence-electron chi connectivity index (χ3n) is 2.77. The Bertz CT molecular complexity index is 173. The van der Waals surface area contributed by atoms with Gasteiger partial charge in [-0.15, -0.1) is 0 Å². The zero-order valence-corrected chi connectivity index (χ0v) is 8.87. The normalized spacial score (nSPS) is 23.6. The monoisotopic (exact) mass is 200 g/mol. The molecule has 0 spiro atoms. The molecule has 0 aromatic carbocycles. The minimum absolute atomic E-state index is 0.297. The Morgan fingerprint density at radius 2 is 2.43 bits per heavy atom. The maximum Gasteiger partial charge on any atom is 0.303 e. The summed E-state index contributed by atoms with van der Waals surface area (Å²) in [7, 11) is 0. The molecule has 1 heterocycles. The van der Waals surface area contributed by atoms with Crippen molar-refractivity contribution in [1.29, 1.82) is 0 Å². The highest BCUT2D eigenvalue weighted by Gasteiger charge is 2.15. The van der Waals surface area contributed by atoms with Crippen molar-refractivity contribution in [2.45, 2.75) is 51.6 Å². The van der Waals surface area contributed by atoms with Gasteiger partial charge in [-0.05, 0) is 25.2 Å². The van der Waals surface area contributed by atoms with Gasteiger partial charge in [0.25, 0.3) is 0 Å². The molecule has 1 rings (SSSR count). The molecule has 2 atom stereocenters. The van der Waals surface area contributed by atoms with Crippen LogP contribution in [0.3, 0.4) is 0 Å². The van der Waals surface area contributed by atoms with Gasteiger partial charge in [-0.3, -0.25) is 4.79 Å². The first-order valence-electron chi connectivity index (χ1n) is 5.52. The lowest BCUT2D eigenvalue weighted by Gasteiger charge is -2.11. The number of carbonyl (C=O) groups is 1. The Labute approximate surface area is 85.5 Å². The SMILES string of the molecule is CC(CCCC1CCCO1)CC(=O)O. The smallest absolute Gasteiger partial charge is 0.303 e. The number of ether oxygens (including phenoxy) is 1. The number of hydrogen-bond donors (Lipinski definition) is 1. The van der Waals surface area contributed by atoms with E-state index >= 15 is 0 Å². The van der Waals surface area contributed by atoms with Crippen LogP contribution in [0.4, 0.5) is 0 Å². The van der Waals surface area contributed by atoms with Crippen molar-refractivity contribution in [2.75, 3.05) is 6.61 Å². The molecule has 0 radical (unpaired) electrons. The second-order valence-electron chi connectivity index (χ2n) is 4.27. The predicted octanol–water partition coefficient (Wildman–Crippen LogP) is 2.45. The van der Waals surface area contributed by atoms with Crippen molar-refractivity contribution < 1.29 is 14.6 Å². The Kier molecular flexibility index (Phi) is 4.94. The van der Waals surface area contributed by atoms with Crippen LogP contribution in [0.15, 0.2) is 0 Å². The van der Waals surface area contributed by atoms with Gasteiger partial charge in [-0.25, -0.2) is 0 Å². The summed E-state index contributed by atoms with van der Waals surface area (Å²) in [6.45, 7) is 2.92. The van der Waals surface area contributed by atoms with Crippen molar-refractivity contribution in [1.82, 2.24) is 0 Å². The molecule has 2 unspecified atom stereocenters. The van der Waals surface area contributed by atoms with E-state index < -0.39 is 5.97 Å². The van der Waals surface area contributed by atoms with Gasteiger partial charge < -0.3 is 9.84 Å². The van der Waals surface area contributed by atoms with E-state index in [1.54, 1.807) is 0 Å². The lowest BCUT2D eigenvalue weighted by molar-refractivity contribution is -0.138. The minimum atomic E-state index is -0.686. The van der Waals surface area contributed by atoms with E-state index in [-0.39, 0.29) is 0 Å². The van der Waals surface area contributed by atoms with Crippen LogP contribution in [0.1, 0.15) is 45.4 Å². The molecule has 1 saturated heterocycles. The standard InChI is InChI=1S/C11H20O3/c1-9(8-11(12)13)4-2-5-10-6-3-7-14-10/h9-10H,2-8H2,1H3,(H,12,13). The highest BCUT2D eigenvalue weighted by Crippen LogP contribution is 2.20. The summed E-state index contributed by atoms with van der Waals surface area (Å²) in [5, 5.41) is 8.57. The van der Waals surface area contributed by atoms with Crippen LogP contribution in [0.5, 0.6) is 0 Å². The second kappa shape index (κ2) is 6.02. The minimum Gasteiger partial charge on any atom is -0.481 e. The molecule has 0 saturated carbocycles. The van der Waals surface area contributed by atoms with Crippen molar-refractivity contribution in [2.24, 2.45) is 5.92 Å². The zero-order chi connectivity index (χ0) is 10.4. The lowest BCUT2D eigenvalue weighted by atomic mass is 9.99. The summed E-state index contributed by atoms with van der Waals surface area (Å²) in [5.74, 6) is -0.386. The topological polar surface area (TPSA) is 46.5 Å². The van der Waals surface area contributed by atoms with E-state index in [4.69, 9.17) is 9.84 Å². The van der Waals surface area contributed by atoms with Crippen molar-refractivity contribution >= 4 is 5.97 Å². The maximum atomic E-state index is 10.4. The molecule has 1 fully saturated rings. The highest BCUT2D eigenvalue weighted by atomic mass is 16.5. The van der Waals surface area contributed by atoms with Gasteiger partial charge in [-0.2, -0.15) is 0 Å². The number of carboxylic acid groups (broad SMARTS) is 1. The van der Waals surface area contributed by atoms with E-state index in [1.165, 1.54) is 12.8 Å². The predicted molar refractivity (Wildman–Crippen MR) is 54.2 cm³/mol. The Hall–Kier alpha value is -0.570. The third-order valence-corrected chi connectivity index (χ3v) is 2.77. The van der Waals surface area contributed by atoms with Crippen molar-refractivity contribution in [3.05, 3.63) is 0 Å². The first-order chi connectivity index (χ1) is 6.68. The van der Waals surface area contributed by atoms with Crippen molar-refractivity contribution in [3.8, 4) is 0 Å². The molecule has 1 aliphatic rings. The van der Waals surface area contributed by atoms with E-state index in [0.29, 0.717) is 18.4 Å². The second-order valence-corrected chi connectivity index (χ2v) is 4.27. The molecule has 1 N–H and O–H groups in total. The number of hydrogen-bond acceptors (Lipinski definition) is 2. The van der Waals surface area contributed by atoms with Crippen LogP contribution in [0.2, 0.25) is 0 Å². The summed E-state index contributed by atoms with van der Waals surface area (Å²) >= 11 is 0. The number of aliphatic carboxylic acids is 1. The average molecular weight is 200 g/mol. The molecular formula is C11H20O3. The van der Waals surface area contributed by atoms with Crippen LogP contribution in [-0.2, 0) is 9.53 Å². The van der Waals surface area contributed by atoms with Crippen LogP contribution in [-0.4, -0.2) is 23.8 Å². The molecule has 0 aromatic rings. The molecule has 1 aliphatic heterocycles. The summed E-state index contributed by atoms with van der Waals surface area (Å²) in [6.07, 6.45) is 6.33. The molecular weight excluding hydrogens is 180 g/mol. The highest BCUT2D eigenvalue weighted by molar-refractivity contribution is 5.66. The molecule has 3 heteroatoms. The summed E-state index contributed by atoms with van der Waals surface area (Å²) in [5.41, 5.74) is 0. The Morgan fingerprint density at radius 3 is 3.00 bits per heavy atom. The molecule has 3 nitrogen and oxygen atoms in total. The Balaban J connectivity index is 1.99. The molecule has 0 aliphatic carbocycles. The zero-order valence-electron chi connectivity index (χ0n) is 8.87. The molecule has 0 aromatic heterocycles. The van der Waals surface area contributed by atoms with Gasteiger partial charge in [0, 0.05) is 13.0 Å². The lowest BCUT2D eigenvalue weighted by Crippen LogP contribution is -2.07. The van der Waals surface area contributed by atoms with Gasteiger partial charge in [-0.1, -0.05) is 19.8 Å². The quantitative estimate of drug-likeness (QED) is 0.716. The van der Waals surface area contributed by atoms with Gasteiger partial charge in [0.2, 0.25) is 0 Å². The first-order valence-corrected chi connectivity index (χ1v) is 5.52. The Morgan fingerprint density at radius 1 is 1.64 bits per heavy atom. The summed E-state index contributed by atoms with van der Waals surface area (Å²) in [6, 6.07) is 0. The van der Waals surface area contributed by atoms with E-state index in [2.05, 4.69) is 0 Å². The van der Waals surface area contributed by atoms with Crippen LogP contribution >= 0.6 is 0 Å². The van der Waals surface area contributed by atoms with Gasteiger partial charge in [0.15, 0.2) is 0 Å². The average Bonchev–Trinajstić information content (AvgIpc) is 2.55. The van der Waals surface area contributed by atoms with Gasteiger partial charge in [0.1, 0.15) is 0 Å². The van der Waals surface area contributed by atoms with Gasteiger partial charge >= 0.3 is 5.97 Å². The van der Waals surface area contributed by atoms with E-state index in [9.17, 15) is 4.79 Å². The fourth-order valence-electron chi connectivity index (χ4n) is 1.97. The first kappa shape index (κ1) is 11.5. The molecule has 82 valence electrons. The molecule has 0 amide bonds. The van der Waals surface area contributed by atoms with Crippen molar-refractivity contribution in [3.63, 3.8) is 0 Å². The fraction of sp³-hybridized carbons (Fsp3) is 0.909. The van der Waals surface area contributed by atoms with Crippen LogP contribution in [0, 0.1) is 5.92 Å². The van der Waals surface area contributed by atoms with E-state index in [1.807, 2.05) is 6.92 Å². The fourth-order valence-corrected chi connectivity index (χ4v) is 1.97. The number of rotatable bonds is 6. The number of carboxylic acids is 1. The summed E-state index contributed by atoms with van der Waals surface area (Å²) in [4.78, 5) is 10.4. The largest absolute Gasteiger partial charge is 0.481 e. The third kappa shape index (κ3) is 4.61. The van der Waals surface area contributed by atoms with Crippen LogP contribution < -0.4 is 0 Å². The van der Waals surface area contributed by atoms with Crippen LogP contribution in [0.25, 0.3) is 0 Å².